The van der Waals surface area contributed by atoms with Crippen LogP contribution in [-0.2, 0) is 4.74 Å². The lowest BCUT2D eigenvalue weighted by Crippen LogP contribution is -2.19. The van der Waals surface area contributed by atoms with Gasteiger partial charge in [-0.3, -0.25) is 0 Å². The molecule has 0 saturated carbocycles. The molecule has 1 aromatic heterocycles. The van der Waals surface area contributed by atoms with Gasteiger partial charge in [0.15, 0.2) is 11.5 Å². The van der Waals surface area contributed by atoms with Gasteiger partial charge < -0.3 is 24.8 Å². The molecule has 1 aromatic carbocycles. The lowest BCUT2D eigenvalue weighted by atomic mass is 10.2. The van der Waals surface area contributed by atoms with Gasteiger partial charge in [0.2, 0.25) is 0 Å². The van der Waals surface area contributed by atoms with Gasteiger partial charge in [-0.15, -0.1) is 0 Å². The zero-order valence-electron chi connectivity index (χ0n) is 14.2. The van der Waals surface area contributed by atoms with Crippen molar-refractivity contribution in [3.05, 3.63) is 30.1 Å². The Balaban J connectivity index is 1.46. The summed E-state index contributed by atoms with van der Waals surface area (Å²) in [6, 6.07) is 7.68. The molecule has 0 aliphatic carbocycles. The molecule has 0 spiro atoms. The maximum atomic E-state index is 5.64. The molecule has 0 radical (unpaired) electrons. The largest absolute Gasteiger partial charge is 0.486 e. The second-order valence-electron chi connectivity index (χ2n) is 6.19. The van der Waals surface area contributed by atoms with Crippen LogP contribution >= 0.6 is 0 Å². The van der Waals surface area contributed by atoms with Crippen LogP contribution in [0.15, 0.2) is 24.3 Å². The van der Waals surface area contributed by atoms with Gasteiger partial charge in [-0.2, -0.15) is 0 Å². The Hall–Kier alpha value is -2.54. The molecule has 2 aliphatic heterocycles. The number of rotatable bonds is 5. The number of fused-ring (bicyclic) bond motifs is 1. The first-order chi connectivity index (χ1) is 12.3. The van der Waals surface area contributed by atoms with Crippen LogP contribution < -0.4 is 20.1 Å². The van der Waals surface area contributed by atoms with Gasteiger partial charge in [-0.25, -0.2) is 9.97 Å². The quantitative estimate of drug-likeness (QED) is 0.865. The van der Waals surface area contributed by atoms with Crippen LogP contribution in [0, 0.1) is 6.92 Å². The minimum absolute atomic E-state index is 0.268. The van der Waals surface area contributed by atoms with Crippen molar-refractivity contribution in [3.63, 3.8) is 0 Å². The lowest BCUT2D eigenvalue weighted by Gasteiger charge is -2.19. The van der Waals surface area contributed by atoms with E-state index in [0.29, 0.717) is 19.0 Å². The Morgan fingerprint density at radius 1 is 1.04 bits per heavy atom. The summed E-state index contributed by atoms with van der Waals surface area (Å²) in [5.41, 5.74) is 0.896. The van der Waals surface area contributed by atoms with Gasteiger partial charge >= 0.3 is 0 Å². The number of ether oxygens (including phenoxy) is 3. The summed E-state index contributed by atoms with van der Waals surface area (Å²) < 4.78 is 16.8. The summed E-state index contributed by atoms with van der Waals surface area (Å²) in [6.07, 6.45) is 2.50. The number of aromatic nitrogens is 2. The van der Waals surface area contributed by atoms with Crippen LogP contribution in [0.4, 0.5) is 17.3 Å². The van der Waals surface area contributed by atoms with E-state index in [4.69, 9.17) is 14.2 Å². The molecule has 1 atom stereocenters. The number of benzene rings is 1. The molecule has 7 heteroatoms. The maximum absolute atomic E-state index is 5.64. The highest BCUT2D eigenvalue weighted by Crippen LogP contribution is 2.33. The van der Waals surface area contributed by atoms with Crippen molar-refractivity contribution in [2.45, 2.75) is 25.9 Å². The molecule has 2 aliphatic rings. The molecule has 4 rings (SSSR count). The van der Waals surface area contributed by atoms with Crippen LogP contribution in [-0.4, -0.2) is 42.4 Å². The monoisotopic (exact) mass is 342 g/mol. The van der Waals surface area contributed by atoms with E-state index >= 15 is 0 Å². The predicted octanol–water partition coefficient (Wildman–Crippen LogP) is 2.89. The van der Waals surface area contributed by atoms with Crippen LogP contribution in [0.5, 0.6) is 11.5 Å². The first-order valence-electron chi connectivity index (χ1n) is 8.64. The van der Waals surface area contributed by atoms with Crippen LogP contribution in [0.2, 0.25) is 0 Å². The molecule has 132 valence electrons. The van der Waals surface area contributed by atoms with Crippen molar-refractivity contribution in [2.75, 3.05) is 37.0 Å². The Kier molecular flexibility index (Phi) is 4.56. The lowest BCUT2D eigenvalue weighted by molar-refractivity contribution is 0.120. The van der Waals surface area contributed by atoms with Crippen LogP contribution in [0.1, 0.15) is 18.7 Å². The topological polar surface area (TPSA) is 77.5 Å². The molecule has 2 N–H and O–H groups in total. The number of anilines is 3. The zero-order valence-corrected chi connectivity index (χ0v) is 14.2. The molecule has 1 unspecified atom stereocenters. The maximum Gasteiger partial charge on any atom is 0.163 e. The van der Waals surface area contributed by atoms with E-state index < -0.39 is 0 Å². The fraction of sp³-hybridized carbons (Fsp3) is 0.444. The summed E-state index contributed by atoms with van der Waals surface area (Å²) in [5.74, 6) is 3.76. The van der Waals surface area contributed by atoms with Crippen molar-refractivity contribution in [3.8, 4) is 11.5 Å². The number of nitrogens with one attached hydrogen (secondary N) is 2. The summed E-state index contributed by atoms with van der Waals surface area (Å²) in [4.78, 5) is 8.90. The second kappa shape index (κ2) is 7.14. The Labute approximate surface area is 146 Å². The molecule has 0 amide bonds. The molecule has 7 nitrogen and oxygen atoms in total. The first-order valence-corrected chi connectivity index (χ1v) is 8.64. The molecule has 0 bridgehead atoms. The van der Waals surface area contributed by atoms with Crippen molar-refractivity contribution >= 4 is 17.3 Å². The third kappa shape index (κ3) is 3.93. The average Bonchev–Trinajstić information content (AvgIpc) is 3.13. The van der Waals surface area contributed by atoms with Gasteiger partial charge in [0.25, 0.3) is 0 Å². The molecular weight excluding hydrogens is 320 g/mol. The fourth-order valence-corrected chi connectivity index (χ4v) is 3.02. The van der Waals surface area contributed by atoms with E-state index in [1.165, 1.54) is 0 Å². The number of hydrogen-bond acceptors (Lipinski definition) is 7. The molecule has 1 fully saturated rings. The van der Waals surface area contributed by atoms with Gasteiger partial charge in [0.1, 0.15) is 30.7 Å². The second-order valence-corrected chi connectivity index (χ2v) is 6.19. The molecule has 1 saturated heterocycles. The molecule has 3 heterocycles. The Bertz CT molecular complexity index is 747. The summed E-state index contributed by atoms with van der Waals surface area (Å²) in [7, 11) is 0. The van der Waals surface area contributed by atoms with E-state index in [2.05, 4.69) is 20.6 Å². The van der Waals surface area contributed by atoms with Crippen LogP contribution in [0.3, 0.4) is 0 Å². The fourth-order valence-electron chi connectivity index (χ4n) is 3.02. The minimum atomic E-state index is 0.268. The molecule has 25 heavy (non-hydrogen) atoms. The number of hydrogen-bond donors (Lipinski definition) is 2. The Morgan fingerprint density at radius 3 is 2.72 bits per heavy atom. The van der Waals surface area contributed by atoms with Gasteiger partial charge in [-0.05, 0) is 31.9 Å². The highest BCUT2D eigenvalue weighted by Gasteiger charge is 2.16. The Morgan fingerprint density at radius 2 is 1.88 bits per heavy atom. The van der Waals surface area contributed by atoms with E-state index in [1.807, 2.05) is 31.2 Å². The minimum Gasteiger partial charge on any atom is -0.486 e. The van der Waals surface area contributed by atoms with Crippen molar-refractivity contribution in [1.29, 1.82) is 0 Å². The molecular formula is C18H22N4O3. The molecule has 2 aromatic rings. The smallest absolute Gasteiger partial charge is 0.163 e. The average molecular weight is 342 g/mol. The third-order valence-electron chi connectivity index (χ3n) is 4.19. The highest BCUT2D eigenvalue weighted by atomic mass is 16.6. The van der Waals surface area contributed by atoms with Gasteiger partial charge in [0, 0.05) is 31.0 Å². The summed E-state index contributed by atoms with van der Waals surface area (Å²) >= 11 is 0. The van der Waals surface area contributed by atoms with E-state index in [-0.39, 0.29) is 6.10 Å². The number of aryl methyl sites for hydroxylation is 1. The third-order valence-corrected chi connectivity index (χ3v) is 4.19. The number of nitrogens with zero attached hydrogens (tertiary/aromatic N) is 2. The van der Waals surface area contributed by atoms with Crippen molar-refractivity contribution in [2.24, 2.45) is 0 Å². The van der Waals surface area contributed by atoms with E-state index in [1.54, 1.807) is 0 Å². The van der Waals surface area contributed by atoms with Crippen LogP contribution in [0.25, 0.3) is 0 Å². The normalized spacial score (nSPS) is 18.8. The summed E-state index contributed by atoms with van der Waals surface area (Å²) in [5, 5.41) is 6.65. The predicted molar refractivity (Wildman–Crippen MR) is 94.9 cm³/mol. The van der Waals surface area contributed by atoms with Gasteiger partial charge in [-0.1, -0.05) is 0 Å². The zero-order chi connectivity index (χ0) is 17.1. The van der Waals surface area contributed by atoms with E-state index in [0.717, 1.165) is 54.8 Å². The SMILES string of the molecule is Cc1nc(NCC2CCCO2)cc(Nc2ccc3c(c2)OCCO3)n1. The van der Waals surface area contributed by atoms with Crippen molar-refractivity contribution in [1.82, 2.24) is 9.97 Å². The van der Waals surface area contributed by atoms with Crippen molar-refractivity contribution < 1.29 is 14.2 Å². The highest BCUT2D eigenvalue weighted by molar-refractivity contribution is 5.63. The van der Waals surface area contributed by atoms with Gasteiger partial charge in [0.05, 0.1) is 6.10 Å². The standard InChI is InChI=1S/C18H22N4O3/c1-12-20-17(19-11-14-3-2-6-23-14)10-18(21-12)22-13-4-5-15-16(9-13)25-8-7-24-15/h4-5,9-10,14H,2-3,6-8,11H2,1H3,(H2,19,20,21,22). The first kappa shape index (κ1) is 16.0. The summed E-state index contributed by atoms with van der Waals surface area (Å²) in [6.45, 7) is 4.66. The van der Waals surface area contributed by atoms with E-state index in [9.17, 15) is 0 Å².